The van der Waals surface area contributed by atoms with E-state index in [0.29, 0.717) is 5.56 Å². The largest absolute Gasteiger partial charge is 0.340 e. The van der Waals surface area contributed by atoms with Gasteiger partial charge in [-0.15, -0.1) is 0 Å². The summed E-state index contributed by atoms with van der Waals surface area (Å²) >= 11 is 5.85. The Morgan fingerprint density at radius 3 is 2.09 bits per heavy atom. The highest BCUT2D eigenvalue weighted by atomic mass is 35.5. The number of hydrogen-bond acceptors (Lipinski definition) is 3. The molecule has 0 unspecified atom stereocenters. The van der Waals surface area contributed by atoms with Crippen molar-refractivity contribution in [1.82, 2.24) is 16.2 Å². The van der Waals surface area contributed by atoms with Crippen LogP contribution in [-0.4, -0.2) is 17.8 Å². The third kappa shape index (κ3) is 4.07. The first kappa shape index (κ1) is 15.5. The highest BCUT2D eigenvalue weighted by Gasteiger charge is 2.13. The van der Waals surface area contributed by atoms with Gasteiger partial charge in [0.15, 0.2) is 0 Å². The van der Waals surface area contributed by atoms with E-state index in [1.54, 1.807) is 42.5 Å². The Labute approximate surface area is 131 Å². The zero-order chi connectivity index (χ0) is 15.9. The van der Waals surface area contributed by atoms with E-state index in [1.807, 2.05) is 0 Å². The second kappa shape index (κ2) is 7.24. The fourth-order valence-electron chi connectivity index (χ4n) is 1.62. The lowest BCUT2D eigenvalue weighted by Crippen LogP contribution is -2.48. The van der Waals surface area contributed by atoms with Crippen LogP contribution < -0.4 is 16.2 Å². The van der Waals surface area contributed by atoms with Crippen LogP contribution in [-0.2, 0) is 0 Å². The third-order valence-electron chi connectivity index (χ3n) is 2.67. The topological polar surface area (TPSA) is 87.3 Å². The van der Waals surface area contributed by atoms with Gasteiger partial charge in [0.1, 0.15) is 0 Å². The van der Waals surface area contributed by atoms with Crippen molar-refractivity contribution in [2.75, 3.05) is 0 Å². The molecule has 0 fully saturated rings. The van der Waals surface area contributed by atoms with E-state index in [2.05, 4.69) is 16.2 Å². The molecule has 2 rings (SSSR count). The molecule has 6 nitrogen and oxygen atoms in total. The summed E-state index contributed by atoms with van der Waals surface area (Å²) in [5, 5.41) is 2.28. The Morgan fingerprint density at radius 2 is 1.41 bits per heavy atom. The second-order valence-corrected chi connectivity index (χ2v) is 4.62. The van der Waals surface area contributed by atoms with Gasteiger partial charge in [0.05, 0.1) is 10.6 Å². The fraction of sp³-hybridized carbons (Fsp3) is 0. The summed E-state index contributed by atoms with van der Waals surface area (Å²) in [6, 6.07) is 13.8. The summed E-state index contributed by atoms with van der Waals surface area (Å²) in [5.74, 6) is -1.17. The summed E-state index contributed by atoms with van der Waals surface area (Å²) in [6.45, 7) is 0. The Balaban J connectivity index is 1.87. The minimum atomic E-state index is -0.866. The monoisotopic (exact) mass is 317 g/mol. The van der Waals surface area contributed by atoms with E-state index < -0.39 is 17.8 Å². The van der Waals surface area contributed by atoms with Gasteiger partial charge in [-0.3, -0.25) is 20.3 Å². The summed E-state index contributed by atoms with van der Waals surface area (Å²) in [5.41, 5.74) is 4.81. The molecular weight excluding hydrogens is 306 g/mol. The summed E-state index contributed by atoms with van der Waals surface area (Å²) in [7, 11) is 0. The number of carbonyl (C=O) groups is 3. The van der Waals surface area contributed by atoms with E-state index in [9.17, 15) is 14.4 Å². The van der Waals surface area contributed by atoms with Gasteiger partial charge >= 0.3 is 6.03 Å². The van der Waals surface area contributed by atoms with Crippen LogP contribution in [0.25, 0.3) is 0 Å². The lowest BCUT2D eigenvalue weighted by Gasteiger charge is -2.08. The third-order valence-corrected chi connectivity index (χ3v) is 3.00. The van der Waals surface area contributed by atoms with E-state index in [1.165, 1.54) is 12.1 Å². The average molecular weight is 318 g/mol. The summed E-state index contributed by atoms with van der Waals surface area (Å²) in [6.07, 6.45) is 0. The van der Waals surface area contributed by atoms with Crippen molar-refractivity contribution in [3.8, 4) is 0 Å². The molecule has 4 amide bonds. The van der Waals surface area contributed by atoms with Crippen LogP contribution >= 0.6 is 11.6 Å². The first-order chi connectivity index (χ1) is 10.6. The van der Waals surface area contributed by atoms with Crippen molar-refractivity contribution in [1.29, 1.82) is 0 Å². The normalized spacial score (nSPS) is 9.68. The highest BCUT2D eigenvalue weighted by molar-refractivity contribution is 6.34. The standard InChI is InChI=1S/C15H12ClN3O3/c16-12-9-5-4-8-11(12)14(21)17-15(22)19-18-13(20)10-6-2-1-3-7-10/h1-9H,(H,18,20)(H2,17,19,21,22). The van der Waals surface area contributed by atoms with Crippen molar-refractivity contribution < 1.29 is 14.4 Å². The van der Waals surface area contributed by atoms with Crippen LogP contribution in [0.4, 0.5) is 4.79 Å². The van der Waals surface area contributed by atoms with E-state index >= 15 is 0 Å². The van der Waals surface area contributed by atoms with Crippen LogP contribution in [0.5, 0.6) is 0 Å². The summed E-state index contributed by atoms with van der Waals surface area (Å²) < 4.78 is 0. The van der Waals surface area contributed by atoms with Crippen molar-refractivity contribution in [3.63, 3.8) is 0 Å². The Kier molecular flexibility index (Phi) is 5.11. The molecule has 0 atom stereocenters. The molecule has 7 heteroatoms. The van der Waals surface area contributed by atoms with E-state index in [-0.39, 0.29) is 10.6 Å². The number of halogens is 1. The van der Waals surface area contributed by atoms with Gasteiger partial charge in [-0.2, -0.15) is 0 Å². The predicted octanol–water partition coefficient (Wildman–Crippen LogP) is 2.12. The molecule has 0 saturated heterocycles. The van der Waals surface area contributed by atoms with Gasteiger partial charge in [0.25, 0.3) is 11.8 Å². The maximum atomic E-state index is 11.8. The number of nitrogens with one attached hydrogen (secondary N) is 3. The molecule has 0 aliphatic rings. The first-order valence-corrected chi connectivity index (χ1v) is 6.67. The van der Waals surface area contributed by atoms with Crippen molar-refractivity contribution in [3.05, 3.63) is 70.7 Å². The number of benzene rings is 2. The van der Waals surface area contributed by atoms with Crippen LogP contribution in [0.3, 0.4) is 0 Å². The number of carbonyl (C=O) groups excluding carboxylic acids is 3. The van der Waals surface area contributed by atoms with Gasteiger partial charge in [-0.25, -0.2) is 10.2 Å². The zero-order valence-electron chi connectivity index (χ0n) is 11.3. The molecule has 0 radical (unpaired) electrons. The zero-order valence-corrected chi connectivity index (χ0v) is 12.1. The number of urea groups is 1. The molecule has 2 aromatic rings. The summed E-state index contributed by atoms with van der Waals surface area (Å²) in [4.78, 5) is 35.1. The van der Waals surface area contributed by atoms with Crippen molar-refractivity contribution in [2.45, 2.75) is 0 Å². The molecule has 22 heavy (non-hydrogen) atoms. The van der Waals surface area contributed by atoms with Crippen LogP contribution in [0.1, 0.15) is 20.7 Å². The van der Waals surface area contributed by atoms with Crippen LogP contribution in [0.15, 0.2) is 54.6 Å². The fourth-order valence-corrected chi connectivity index (χ4v) is 1.84. The van der Waals surface area contributed by atoms with E-state index in [0.717, 1.165) is 0 Å². The minimum absolute atomic E-state index is 0.161. The highest BCUT2D eigenvalue weighted by Crippen LogP contribution is 2.14. The molecule has 0 aromatic heterocycles. The number of amides is 4. The van der Waals surface area contributed by atoms with E-state index in [4.69, 9.17) is 11.6 Å². The number of hydrazine groups is 1. The van der Waals surface area contributed by atoms with Gasteiger partial charge in [-0.1, -0.05) is 41.9 Å². The van der Waals surface area contributed by atoms with Crippen LogP contribution in [0.2, 0.25) is 5.02 Å². The van der Waals surface area contributed by atoms with Crippen molar-refractivity contribution >= 4 is 29.4 Å². The predicted molar refractivity (Wildman–Crippen MR) is 81.4 cm³/mol. The molecule has 0 aliphatic carbocycles. The van der Waals surface area contributed by atoms with Crippen LogP contribution in [0, 0.1) is 0 Å². The van der Waals surface area contributed by atoms with Gasteiger partial charge in [-0.05, 0) is 24.3 Å². The Hall–Kier alpha value is -2.86. The molecule has 0 aliphatic heterocycles. The van der Waals surface area contributed by atoms with Gasteiger partial charge < -0.3 is 0 Å². The number of imide groups is 1. The number of rotatable bonds is 2. The molecule has 0 heterocycles. The maximum Gasteiger partial charge on any atom is 0.340 e. The number of hydrogen-bond donors (Lipinski definition) is 3. The Morgan fingerprint density at radius 1 is 0.773 bits per heavy atom. The Bertz CT molecular complexity index is 704. The first-order valence-electron chi connectivity index (χ1n) is 6.29. The smallest absolute Gasteiger partial charge is 0.273 e. The van der Waals surface area contributed by atoms with Gasteiger partial charge in [0, 0.05) is 5.56 Å². The average Bonchev–Trinajstić information content (AvgIpc) is 2.53. The molecule has 0 bridgehead atoms. The molecule has 3 N–H and O–H groups in total. The van der Waals surface area contributed by atoms with Crippen molar-refractivity contribution in [2.24, 2.45) is 0 Å². The van der Waals surface area contributed by atoms with Gasteiger partial charge in [0.2, 0.25) is 0 Å². The molecule has 112 valence electrons. The molecule has 2 aromatic carbocycles. The second-order valence-electron chi connectivity index (χ2n) is 4.21. The molecular formula is C15H12ClN3O3. The molecule has 0 spiro atoms. The lowest BCUT2D eigenvalue weighted by atomic mass is 10.2. The minimum Gasteiger partial charge on any atom is -0.273 e. The SMILES string of the molecule is O=C(NNC(=O)c1ccccc1)NC(=O)c1ccccc1Cl. The maximum absolute atomic E-state index is 11.8. The quantitative estimate of drug-likeness (QED) is 0.741. The molecule has 0 saturated carbocycles. The lowest BCUT2D eigenvalue weighted by molar-refractivity contribution is 0.0918.